The smallest absolute Gasteiger partial charge is 0.222 e. The minimum Gasteiger partial charge on any atom is -0.345 e. The number of amides is 1. The Kier molecular flexibility index (Phi) is 5.93. The highest BCUT2D eigenvalue weighted by Gasteiger charge is 2.13. The second kappa shape index (κ2) is 7.22. The van der Waals surface area contributed by atoms with Gasteiger partial charge in [-0.1, -0.05) is 26.0 Å². The first-order valence-corrected chi connectivity index (χ1v) is 7.15. The normalized spacial score (nSPS) is 10.7. The van der Waals surface area contributed by atoms with Gasteiger partial charge in [0.15, 0.2) is 5.78 Å². The molecule has 1 amide bonds. The number of Topliss-reactive ketones (excluding diaryl/α,β-unsaturated/α-hetero) is 1. The number of carbonyl (C=O) groups is 2. The van der Waals surface area contributed by atoms with Crippen molar-refractivity contribution >= 4 is 11.7 Å². The van der Waals surface area contributed by atoms with E-state index in [1.165, 1.54) is 5.56 Å². The summed E-state index contributed by atoms with van der Waals surface area (Å²) in [6.07, 6.45) is 0.568. The van der Waals surface area contributed by atoms with Gasteiger partial charge in [-0.2, -0.15) is 0 Å². The fourth-order valence-corrected chi connectivity index (χ4v) is 2.12. The van der Waals surface area contributed by atoms with Gasteiger partial charge in [0.2, 0.25) is 5.91 Å². The van der Waals surface area contributed by atoms with Gasteiger partial charge >= 0.3 is 0 Å². The average molecular weight is 275 g/mol. The summed E-state index contributed by atoms with van der Waals surface area (Å²) in [4.78, 5) is 25.7. The fourth-order valence-electron chi connectivity index (χ4n) is 2.12. The van der Waals surface area contributed by atoms with Crippen molar-refractivity contribution in [1.82, 2.24) is 4.90 Å². The lowest BCUT2D eigenvalue weighted by molar-refractivity contribution is -0.130. The lowest BCUT2D eigenvalue weighted by atomic mass is 10.0. The molecule has 0 saturated heterocycles. The summed E-state index contributed by atoms with van der Waals surface area (Å²) < 4.78 is 0. The molecule has 0 unspecified atom stereocenters. The molecule has 0 spiro atoms. The fraction of sp³-hybridized carbons (Fsp3) is 0.529. The van der Waals surface area contributed by atoms with Gasteiger partial charge in [0.05, 0.1) is 0 Å². The highest BCUT2D eigenvalue weighted by Crippen LogP contribution is 2.13. The summed E-state index contributed by atoms with van der Waals surface area (Å²) in [6.45, 7) is 8.90. The van der Waals surface area contributed by atoms with Crippen LogP contribution >= 0.6 is 0 Å². The summed E-state index contributed by atoms with van der Waals surface area (Å²) in [5, 5.41) is 0. The van der Waals surface area contributed by atoms with Gasteiger partial charge in [0, 0.05) is 32.0 Å². The van der Waals surface area contributed by atoms with Gasteiger partial charge < -0.3 is 4.90 Å². The molecule has 0 N–H and O–H groups in total. The molecule has 1 rings (SSSR count). The van der Waals surface area contributed by atoms with Crippen molar-refractivity contribution in [3.05, 3.63) is 34.9 Å². The van der Waals surface area contributed by atoms with Crippen LogP contribution in [0.5, 0.6) is 0 Å². The predicted molar refractivity (Wildman–Crippen MR) is 82.0 cm³/mol. The van der Waals surface area contributed by atoms with E-state index in [2.05, 4.69) is 13.8 Å². The van der Waals surface area contributed by atoms with Crippen molar-refractivity contribution in [2.24, 2.45) is 5.92 Å². The molecule has 0 fully saturated rings. The van der Waals surface area contributed by atoms with Crippen LogP contribution in [0.25, 0.3) is 0 Å². The minimum atomic E-state index is 0.0379. The molecule has 3 nitrogen and oxygen atoms in total. The van der Waals surface area contributed by atoms with E-state index < -0.39 is 0 Å². The van der Waals surface area contributed by atoms with E-state index in [-0.39, 0.29) is 24.5 Å². The maximum absolute atomic E-state index is 12.1. The molecular formula is C17H25NO2. The van der Waals surface area contributed by atoms with Crippen molar-refractivity contribution < 1.29 is 9.59 Å². The summed E-state index contributed by atoms with van der Waals surface area (Å²) >= 11 is 0. The van der Waals surface area contributed by atoms with E-state index in [0.29, 0.717) is 11.5 Å². The van der Waals surface area contributed by atoms with Gasteiger partial charge in [-0.05, 0) is 37.0 Å². The lowest BCUT2D eigenvalue weighted by Crippen LogP contribution is -2.30. The zero-order valence-corrected chi connectivity index (χ0v) is 13.2. The second-order valence-corrected chi connectivity index (χ2v) is 5.89. The Labute approximate surface area is 122 Å². The third-order valence-corrected chi connectivity index (χ3v) is 3.46. The number of benzene rings is 1. The Morgan fingerprint density at radius 3 is 2.30 bits per heavy atom. The maximum atomic E-state index is 12.1. The van der Waals surface area contributed by atoms with Crippen LogP contribution in [-0.2, 0) is 4.79 Å². The van der Waals surface area contributed by atoms with Crippen molar-refractivity contribution in [3.8, 4) is 0 Å². The molecule has 0 aromatic heterocycles. The highest BCUT2D eigenvalue weighted by atomic mass is 16.2. The van der Waals surface area contributed by atoms with Gasteiger partial charge in [0.1, 0.15) is 0 Å². The predicted octanol–water partition coefficient (Wildman–Crippen LogP) is 3.38. The minimum absolute atomic E-state index is 0.0379. The largest absolute Gasteiger partial charge is 0.345 e. The highest BCUT2D eigenvalue weighted by molar-refractivity contribution is 5.98. The van der Waals surface area contributed by atoms with E-state index in [1.54, 1.807) is 11.9 Å². The number of ketones is 1. The Morgan fingerprint density at radius 1 is 1.10 bits per heavy atom. The van der Waals surface area contributed by atoms with Crippen LogP contribution < -0.4 is 0 Å². The number of hydrogen-bond acceptors (Lipinski definition) is 2. The summed E-state index contributed by atoms with van der Waals surface area (Å²) in [5.41, 5.74) is 2.99. The molecule has 0 radical (unpaired) electrons. The Morgan fingerprint density at radius 2 is 1.75 bits per heavy atom. The van der Waals surface area contributed by atoms with Crippen LogP contribution in [0.1, 0.15) is 48.2 Å². The first-order chi connectivity index (χ1) is 9.31. The third kappa shape index (κ3) is 4.80. The average Bonchev–Trinajstić information content (AvgIpc) is 2.37. The van der Waals surface area contributed by atoms with Crippen molar-refractivity contribution in [1.29, 1.82) is 0 Å². The quantitative estimate of drug-likeness (QED) is 0.746. The van der Waals surface area contributed by atoms with Crippen molar-refractivity contribution in [2.45, 2.75) is 40.5 Å². The van der Waals surface area contributed by atoms with Gasteiger partial charge in [-0.3, -0.25) is 9.59 Å². The number of aryl methyl sites for hydroxylation is 2. The molecular weight excluding hydrogens is 250 g/mol. The zero-order valence-electron chi connectivity index (χ0n) is 13.2. The van der Waals surface area contributed by atoms with Crippen molar-refractivity contribution in [3.63, 3.8) is 0 Å². The molecule has 0 saturated carbocycles. The van der Waals surface area contributed by atoms with Crippen LogP contribution in [0.15, 0.2) is 18.2 Å². The topological polar surface area (TPSA) is 37.4 Å². The number of hydrogen-bond donors (Lipinski definition) is 0. The Bertz CT molecular complexity index is 492. The molecule has 3 heteroatoms. The lowest BCUT2D eigenvalue weighted by Gasteiger charge is -2.19. The van der Waals surface area contributed by atoms with Crippen LogP contribution in [-0.4, -0.2) is 30.2 Å². The molecule has 1 aromatic rings. The molecule has 0 aliphatic rings. The molecule has 0 aliphatic heterocycles. The zero-order chi connectivity index (χ0) is 15.3. The van der Waals surface area contributed by atoms with E-state index >= 15 is 0 Å². The first kappa shape index (κ1) is 16.4. The van der Waals surface area contributed by atoms with E-state index in [4.69, 9.17) is 0 Å². The molecule has 110 valence electrons. The molecule has 0 atom stereocenters. The first-order valence-electron chi connectivity index (χ1n) is 7.15. The van der Waals surface area contributed by atoms with E-state index in [1.807, 2.05) is 32.0 Å². The number of rotatable bonds is 6. The van der Waals surface area contributed by atoms with Crippen molar-refractivity contribution in [2.75, 3.05) is 13.6 Å². The SMILES string of the molecule is Cc1ccc(C(=O)CCC(=O)N(C)CC(C)C)cc1C. The molecule has 20 heavy (non-hydrogen) atoms. The summed E-state index contributed by atoms with van der Waals surface area (Å²) in [7, 11) is 1.79. The van der Waals surface area contributed by atoms with Crippen LogP contribution in [0.4, 0.5) is 0 Å². The standard InChI is InChI=1S/C17H25NO2/c1-12(2)11-18(5)17(20)9-8-16(19)15-7-6-13(3)14(4)10-15/h6-7,10,12H,8-9,11H2,1-5H3. The number of carbonyl (C=O) groups excluding carboxylic acids is 2. The Hall–Kier alpha value is -1.64. The maximum Gasteiger partial charge on any atom is 0.222 e. The van der Waals surface area contributed by atoms with E-state index in [9.17, 15) is 9.59 Å². The second-order valence-electron chi connectivity index (χ2n) is 5.89. The Balaban J connectivity index is 2.54. The van der Waals surface area contributed by atoms with Crippen LogP contribution in [0.3, 0.4) is 0 Å². The molecule has 0 bridgehead atoms. The van der Waals surface area contributed by atoms with Crippen LogP contribution in [0.2, 0.25) is 0 Å². The molecule has 0 heterocycles. The van der Waals surface area contributed by atoms with Gasteiger partial charge in [-0.25, -0.2) is 0 Å². The number of nitrogens with zero attached hydrogens (tertiary/aromatic N) is 1. The summed E-state index contributed by atoms with van der Waals surface area (Å²) in [6, 6.07) is 5.70. The third-order valence-electron chi connectivity index (χ3n) is 3.46. The van der Waals surface area contributed by atoms with Gasteiger partial charge in [-0.15, -0.1) is 0 Å². The molecule has 1 aromatic carbocycles. The summed E-state index contributed by atoms with van der Waals surface area (Å²) in [5.74, 6) is 0.523. The van der Waals surface area contributed by atoms with Gasteiger partial charge in [0.25, 0.3) is 0 Å². The van der Waals surface area contributed by atoms with E-state index in [0.717, 1.165) is 12.1 Å². The molecule has 0 aliphatic carbocycles. The monoisotopic (exact) mass is 275 g/mol. The van der Waals surface area contributed by atoms with Crippen LogP contribution in [0, 0.1) is 19.8 Å².